The molecule has 136 valence electrons. The Morgan fingerprint density at radius 2 is 1.77 bits per heavy atom. The maximum absolute atomic E-state index is 12.2. The molecule has 1 fully saturated rings. The molecule has 0 bridgehead atoms. The van der Waals surface area contributed by atoms with Gasteiger partial charge in [0.05, 0.1) is 9.40 Å². The van der Waals surface area contributed by atoms with Crippen LogP contribution in [0.4, 0.5) is 5.69 Å². The van der Waals surface area contributed by atoms with Crippen LogP contribution in [0.15, 0.2) is 46.9 Å². The SMILES string of the molecule is O=C(NCc1ccc(CN2CCCC2)cc1)c1ccc(Br)c([N+](=O)[O-])c1. The van der Waals surface area contributed by atoms with E-state index in [0.29, 0.717) is 11.0 Å². The lowest BCUT2D eigenvalue weighted by Gasteiger charge is -2.14. The lowest BCUT2D eigenvalue weighted by Crippen LogP contribution is -2.23. The molecule has 0 unspecified atom stereocenters. The van der Waals surface area contributed by atoms with E-state index in [0.717, 1.165) is 25.2 Å². The average Bonchev–Trinajstić information content (AvgIpc) is 3.14. The van der Waals surface area contributed by atoms with Crippen molar-refractivity contribution in [2.75, 3.05) is 13.1 Å². The molecular weight excluding hydrogens is 398 g/mol. The summed E-state index contributed by atoms with van der Waals surface area (Å²) in [5, 5.41) is 13.8. The van der Waals surface area contributed by atoms with Crippen molar-refractivity contribution in [2.45, 2.75) is 25.9 Å². The summed E-state index contributed by atoms with van der Waals surface area (Å²) < 4.78 is 0.354. The fraction of sp³-hybridized carbons (Fsp3) is 0.316. The lowest BCUT2D eigenvalue weighted by molar-refractivity contribution is -0.385. The topological polar surface area (TPSA) is 75.5 Å². The van der Waals surface area contributed by atoms with Crippen molar-refractivity contribution in [1.82, 2.24) is 10.2 Å². The van der Waals surface area contributed by atoms with Gasteiger partial charge in [0.25, 0.3) is 11.6 Å². The number of nitrogens with zero attached hydrogens (tertiary/aromatic N) is 2. The number of rotatable bonds is 6. The minimum atomic E-state index is -0.514. The number of halogens is 1. The van der Waals surface area contributed by atoms with Gasteiger partial charge >= 0.3 is 0 Å². The molecule has 26 heavy (non-hydrogen) atoms. The molecule has 0 aliphatic carbocycles. The molecular formula is C19H20BrN3O3. The number of amides is 1. The third-order valence-electron chi connectivity index (χ3n) is 4.49. The van der Waals surface area contributed by atoms with Crippen LogP contribution in [0.1, 0.15) is 34.3 Å². The van der Waals surface area contributed by atoms with Crippen molar-refractivity contribution in [3.63, 3.8) is 0 Å². The summed E-state index contributed by atoms with van der Waals surface area (Å²) >= 11 is 3.12. The Kier molecular flexibility index (Phi) is 6.00. The molecule has 1 heterocycles. The van der Waals surface area contributed by atoms with E-state index in [9.17, 15) is 14.9 Å². The zero-order chi connectivity index (χ0) is 18.5. The summed E-state index contributed by atoms with van der Waals surface area (Å²) in [7, 11) is 0. The maximum atomic E-state index is 12.2. The monoisotopic (exact) mass is 417 g/mol. The second-order valence-electron chi connectivity index (χ2n) is 6.41. The van der Waals surface area contributed by atoms with Gasteiger partial charge in [0.15, 0.2) is 0 Å². The summed E-state index contributed by atoms with van der Waals surface area (Å²) in [6.07, 6.45) is 2.55. The Morgan fingerprint density at radius 1 is 1.12 bits per heavy atom. The molecule has 0 aromatic heterocycles. The average molecular weight is 418 g/mol. The fourth-order valence-corrected chi connectivity index (χ4v) is 3.43. The van der Waals surface area contributed by atoms with Crippen molar-refractivity contribution in [2.24, 2.45) is 0 Å². The van der Waals surface area contributed by atoms with E-state index in [1.54, 1.807) is 6.07 Å². The largest absolute Gasteiger partial charge is 0.348 e. The van der Waals surface area contributed by atoms with Crippen LogP contribution >= 0.6 is 15.9 Å². The van der Waals surface area contributed by atoms with Gasteiger partial charge in [-0.05, 0) is 65.1 Å². The summed E-state index contributed by atoms with van der Waals surface area (Å²) in [5.74, 6) is -0.332. The number of carbonyl (C=O) groups excluding carboxylic acids is 1. The number of hydrogen-bond donors (Lipinski definition) is 1. The van der Waals surface area contributed by atoms with Crippen molar-refractivity contribution in [3.8, 4) is 0 Å². The minimum Gasteiger partial charge on any atom is -0.348 e. The number of likely N-dealkylation sites (tertiary alicyclic amines) is 1. The first-order valence-electron chi connectivity index (χ1n) is 8.55. The molecule has 2 aromatic rings. The second kappa shape index (κ2) is 8.42. The van der Waals surface area contributed by atoms with Crippen LogP contribution in [0, 0.1) is 10.1 Å². The van der Waals surface area contributed by atoms with Gasteiger partial charge in [0.1, 0.15) is 0 Å². The molecule has 0 saturated carbocycles. The number of carbonyl (C=O) groups is 1. The first-order valence-corrected chi connectivity index (χ1v) is 9.34. The molecule has 0 radical (unpaired) electrons. The van der Waals surface area contributed by atoms with Gasteiger partial charge < -0.3 is 5.32 Å². The van der Waals surface area contributed by atoms with Crippen molar-refractivity contribution in [3.05, 3.63) is 73.7 Å². The number of nitro groups is 1. The van der Waals surface area contributed by atoms with Gasteiger partial charge in [-0.2, -0.15) is 0 Å². The minimum absolute atomic E-state index is 0.121. The van der Waals surface area contributed by atoms with Crippen LogP contribution in [0.25, 0.3) is 0 Å². The Labute approximate surface area is 160 Å². The van der Waals surface area contributed by atoms with Crippen LogP contribution < -0.4 is 5.32 Å². The van der Waals surface area contributed by atoms with E-state index < -0.39 is 4.92 Å². The van der Waals surface area contributed by atoms with Gasteiger partial charge in [-0.3, -0.25) is 19.8 Å². The smallest absolute Gasteiger partial charge is 0.284 e. The fourth-order valence-electron chi connectivity index (χ4n) is 3.04. The lowest BCUT2D eigenvalue weighted by atomic mass is 10.1. The molecule has 7 heteroatoms. The molecule has 3 rings (SSSR count). The third kappa shape index (κ3) is 4.68. The van der Waals surface area contributed by atoms with Crippen molar-refractivity contribution >= 4 is 27.5 Å². The van der Waals surface area contributed by atoms with Gasteiger partial charge in [-0.15, -0.1) is 0 Å². The standard InChI is InChI=1S/C19H20BrN3O3/c20-17-8-7-16(11-18(17)23(25)26)19(24)21-12-14-3-5-15(6-4-14)13-22-9-1-2-10-22/h3-8,11H,1-2,9-10,12-13H2,(H,21,24). The first-order chi connectivity index (χ1) is 12.5. The Hall–Kier alpha value is -2.25. The summed E-state index contributed by atoms with van der Waals surface area (Å²) in [4.78, 5) is 25.1. The van der Waals surface area contributed by atoms with Crippen LogP contribution in [-0.4, -0.2) is 28.8 Å². The van der Waals surface area contributed by atoms with Gasteiger partial charge in [0.2, 0.25) is 0 Å². The number of hydrogen-bond acceptors (Lipinski definition) is 4. The van der Waals surface area contributed by atoms with Gasteiger partial charge in [-0.1, -0.05) is 24.3 Å². The Bertz CT molecular complexity index is 802. The van der Waals surface area contributed by atoms with Crippen molar-refractivity contribution in [1.29, 1.82) is 0 Å². The normalized spacial score (nSPS) is 14.3. The highest BCUT2D eigenvalue weighted by Gasteiger charge is 2.16. The molecule has 1 amide bonds. The zero-order valence-corrected chi connectivity index (χ0v) is 15.9. The Balaban J connectivity index is 1.57. The third-order valence-corrected chi connectivity index (χ3v) is 5.16. The number of nitrogens with one attached hydrogen (secondary N) is 1. The first kappa shape index (κ1) is 18.5. The van der Waals surface area contributed by atoms with Crippen LogP contribution in [0.2, 0.25) is 0 Å². The molecule has 6 nitrogen and oxygen atoms in total. The predicted octanol–water partition coefficient (Wildman–Crippen LogP) is 3.88. The molecule has 1 N–H and O–H groups in total. The summed E-state index contributed by atoms with van der Waals surface area (Å²) in [6.45, 7) is 3.68. The van der Waals surface area contributed by atoms with Crippen LogP contribution in [0.3, 0.4) is 0 Å². The number of nitro benzene ring substituents is 1. The zero-order valence-electron chi connectivity index (χ0n) is 14.3. The van der Waals surface area contributed by atoms with E-state index >= 15 is 0 Å². The maximum Gasteiger partial charge on any atom is 0.284 e. The molecule has 1 aliphatic heterocycles. The highest BCUT2D eigenvalue weighted by atomic mass is 79.9. The quantitative estimate of drug-likeness (QED) is 0.571. The van der Waals surface area contributed by atoms with Gasteiger partial charge in [-0.25, -0.2) is 0 Å². The number of benzene rings is 2. The van der Waals surface area contributed by atoms with E-state index in [1.807, 2.05) is 12.1 Å². The van der Waals surface area contributed by atoms with Crippen LogP contribution in [-0.2, 0) is 13.1 Å². The molecule has 1 saturated heterocycles. The predicted molar refractivity (Wildman–Crippen MR) is 103 cm³/mol. The van der Waals surface area contributed by atoms with E-state index in [2.05, 4.69) is 38.3 Å². The van der Waals surface area contributed by atoms with Crippen LogP contribution in [0.5, 0.6) is 0 Å². The van der Waals surface area contributed by atoms with Gasteiger partial charge in [0, 0.05) is 24.7 Å². The van der Waals surface area contributed by atoms with E-state index in [4.69, 9.17) is 0 Å². The molecule has 0 atom stereocenters. The molecule has 0 spiro atoms. The van der Waals surface area contributed by atoms with Crippen molar-refractivity contribution < 1.29 is 9.72 Å². The second-order valence-corrected chi connectivity index (χ2v) is 7.26. The highest BCUT2D eigenvalue weighted by Crippen LogP contribution is 2.25. The van der Waals surface area contributed by atoms with E-state index in [-0.39, 0.29) is 17.2 Å². The highest BCUT2D eigenvalue weighted by molar-refractivity contribution is 9.10. The summed E-state index contributed by atoms with van der Waals surface area (Å²) in [5.41, 5.74) is 2.41. The van der Waals surface area contributed by atoms with E-state index in [1.165, 1.54) is 30.5 Å². The molecule has 2 aromatic carbocycles. The summed E-state index contributed by atoms with van der Waals surface area (Å²) in [6, 6.07) is 12.5. The molecule has 1 aliphatic rings. The Morgan fingerprint density at radius 3 is 2.42 bits per heavy atom.